The van der Waals surface area contributed by atoms with E-state index in [1.54, 1.807) is 11.3 Å². The van der Waals surface area contributed by atoms with Gasteiger partial charge in [0.25, 0.3) is 0 Å². The molecule has 0 aromatic carbocycles. The zero-order valence-corrected chi connectivity index (χ0v) is 15.0. The number of aromatic nitrogens is 2. The van der Waals surface area contributed by atoms with Crippen LogP contribution in [0.1, 0.15) is 35.1 Å². The van der Waals surface area contributed by atoms with Gasteiger partial charge in [0.05, 0.1) is 19.3 Å². The molecule has 0 radical (unpaired) electrons. The Morgan fingerprint density at radius 2 is 2.12 bits per heavy atom. The lowest BCUT2D eigenvalue weighted by Crippen LogP contribution is -2.39. The SMILES string of the molecule is Cc1csc([C@H]2COCCN2Cc2ccc(N3CCCC3)nc2)n1. The Morgan fingerprint density at radius 1 is 1.25 bits per heavy atom. The van der Waals surface area contributed by atoms with Crippen LogP contribution >= 0.6 is 11.3 Å². The molecule has 6 heteroatoms. The monoisotopic (exact) mass is 344 g/mol. The van der Waals surface area contributed by atoms with Gasteiger partial charge >= 0.3 is 0 Å². The molecule has 1 atom stereocenters. The van der Waals surface area contributed by atoms with Crippen molar-refractivity contribution >= 4 is 17.2 Å². The fourth-order valence-corrected chi connectivity index (χ4v) is 4.37. The highest BCUT2D eigenvalue weighted by Crippen LogP contribution is 2.28. The van der Waals surface area contributed by atoms with Crippen molar-refractivity contribution in [1.29, 1.82) is 0 Å². The van der Waals surface area contributed by atoms with Gasteiger partial charge in [-0.15, -0.1) is 11.3 Å². The molecule has 5 nitrogen and oxygen atoms in total. The third-order valence-corrected chi connectivity index (χ3v) is 5.85. The molecule has 0 unspecified atom stereocenters. The molecular formula is C18H24N4OS. The lowest BCUT2D eigenvalue weighted by Gasteiger charge is -2.34. The number of morpholine rings is 1. The maximum Gasteiger partial charge on any atom is 0.128 e. The number of aryl methyl sites for hydroxylation is 1. The molecule has 0 spiro atoms. The highest BCUT2D eigenvalue weighted by Gasteiger charge is 2.27. The summed E-state index contributed by atoms with van der Waals surface area (Å²) < 4.78 is 5.70. The van der Waals surface area contributed by atoms with Gasteiger partial charge in [0.2, 0.25) is 0 Å². The second-order valence-corrected chi connectivity index (χ2v) is 7.50. The molecule has 0 amide bonds. The van der Waals surface area contributed by atoms with Crippen molar-refractivity contribution in [3.8, 4) is 0 Å². The van der Waals surface area contributed by atoms with Gasteiger partial charge in [-0.3, -0.25) is 4.90 Å². The molecule has 0 bridgehead atoms. The van der Waals surface area contributed by atoms with Gasteiger partial charge in [-0.25, -0.2) is 9.97 Å². The smallest absolute Gasteiger partial charge is 0.128 e. The van der Waals surface area contributed by atoms with Gasteiger partial charge in [-0.2, -0.15) is 0 Å². The lowest BCUT2D eigenvalue weighted by molar-refractivity contribution is -0.0128. The summed E-state index contributed by atoms with van der Waals surface area (Å²) in [7, 11) is 0. The largest absolute Gasteiger partial charge is 0.378 e. The maximum absolute atomic E-state index is 5.70. The molecule has 24 heavy (non-hydrogen) atoms. The van der Waals surface area contributed by atoms with Crippen LogP contribution in [0.3, 0.4) is 0 Å². The highest BCUT2D eigenvalue weighted by atomic mass is 32.1. The first-order valence-electron chi connectivity index (χ1n) is 8.73. The van der Waals surface area contributed by atoms with Crippen LogP contribution in [0.5, 0.6) is 0 Å². The first-order valence-corrected chi connectivity index (χ1v) is 9.61. The molecular weight excluding hydrogens is 320 g/mol. The number of hydrogen-bond acceptors (Lipinski definition) is 6. The summed E-state index contributed by atoms with van der Waals surface area (Å²) in [6.07, 6.45) is 4.60. The van der Waals surface area contributed by atoms with Crippen molar-refractivity contribution in [2.24, 2.45) is 0 Å². The molecule has 2 aliphatic rings. The second kappa shape index (κ2) is 7.17. The van der Waals surface area contributed by atoms with Crippen LogP contribution in [0.4, 0.5) is 5.82 Å². The second-order valence-electron chi connectivity index (χ2n) is 6.61. The van der Waals surface area contributed by atoms with E-state index < -0.39 is 0 Å². The minimum atomic E-state index is 0.260. The topological polar surface area (TPSA) is 41.5 Å². The number of thiazole rings is 1. The van der Waals surface area contributed by atoms with Crippen molar-refractivity contribution in [2.45, 2.75) is 32.4 Å². The van der Waals surface area contributed by atoms with Crippen molar-refractivity contribution in [3.05, 3.63) is 40.0 Å². The molecule has 2 aliphatic heterocycles. The molecule has 0 saturated carbocycles. The Hall–Kier alpha value is -1.50. The van der Waals surface area contributed by atoms with Crippen molar-refractivity contribution in [1.82, 2.24) is 14.9 Å². The Labute approximate surface area is 147 Å². The molecule has 0 N–H and O–H groups in total. The van der Waals surface area contributed by atoms with E-state index in [4.69, 9.17) is 4.74 Å². The molecule has 2 aromatic rings. The maximum atomic E-state index is 5.70. The quantitative estimate of drug-likeness (QED) is 0.853. The third kappa shape index (κ3) is 3.45. The Bertz CT molecular complexity index is 666. The van der Waals surface area contributed by atoms with E-state index in [1.807, 2.05) is 6.20 Å². The van der Waals surface area contributed by atoms with Crippen molar-refractivity contribution in [3.63, 3.8) is 0 Å². The molecule has 0 aliphatic carbocycles. The van der Waals surface area contributed by atoms with E-state index >= 15 is 0 Å². The fraction of sp³-hybridized carbons (Fsp3) is 0.556. The molecule has 2 fully saturated rings. The molecule has 2 aromatic heterocycles. The zero-order chi connectivity index (χ0) is 16.4. The first kappa shape index (κ1) is 16.0. The fourth-order valence-electron chi connectivity index (χ4n) is 3.46. The number of ether oxygens (including phenoxy) is 1. The van der Waals surface area contributed by atoms with Crippen LogP contribution in [-0.2, 0) is 11.3 Å². The lowest BCUT2D eigenvalue weighted by atomic mass is 10.2. The number of nitrogens with zero attached hydrogens (tertiary/aromatic N) is 4. The minimum Gasteiger partial charge on any atom is -0.378 e. The Kier molecular flexibility index (Phi) is 4.78. The number of anilines is 1. The number of rotatable bonds is 4. The Morgan fingerprint density at radius 3 is 2.83 bits per heavy atom. The average Bonchev–Trinajstić information content (AvgIpc) is 3.28. The summed E-state index contributed by atoms with van der Waals surface area (Å²) in [6.45, 7) is 7.70. The van der Waals surface area contributed by atoms with Gasteiger partial charge in [-0.1, -0.05) is 6.07 Å². The molecule has 128 valence electrons. The van der Waals surface area contributed by atoms with E-state index in [0.29, 0.717) is 0 Å². The van der Waals surface area contributed by atoms with Crippen LogP contribution in [0.2, 0.25) is 0 Å². The van der Waals surface area contributed by atoms with E-state index in [1.165, 1.54) is 18.4 Å². The minimum absolute atomic E-state index is 0.260. The van der Waals surface area contributed by atoms with Gasteiger partial charge in [-0.05, 0) is 31.4 Å². The molecule has 4 heterocycles. The molecule has 2 saturated heterocycles. The average molecular weight is 344 g/mol. The van der Waals surface area contributed by atoms with E-state index in [0.717, 1.165) is 55.9 Å². The summed E-state index contributed by atoms with van der Waals surface area (Å²) in [6, 6.07) is 4.65. The van der Waals surface area contributed by atoms with Gasteiger partial charge < -0.3 is 9.64 Å². The van der Waals surface area contributed by atoms with Crippen LogP contribution in [0.15, 0.2) is 23.7 Å². The summed E-state index contributed by atoms with van der Waals surface area (Å²) in [5.41, 5.74) is 2.36. The standard InChI is InChI=1S/C18H24N4OS/c1-14-13-24-18(20-14)16-12-23-9-8-22(16)11-15-4-5-17(19-10-15)21-6-2-3-7-21/h4-5,10,13,16H,2-3,6-9,11-12H2,1H3/t16-/m1/s1. The zero-order valence-electron chi connectivity index (χ0n) is 14.1. The van der Waals surface area contributed by atoms with Crippen LogP contribution in [-0.4, -0.2) is 47.7 Å². The number of hydrogen-bond donors (Lipinski definition) is 0. The third-order valence-electron chi connectivity index (χ3n) is 4.79. The Balaban J connectivity index is 1.46. The number of pyridine rings is 1. The summed E-state index contributed by atoms with van der Waals surface area (Å²) >= 11 is 1.73. The van der Waals surface area contributed by atoms with E-state index in [-0.39, 0.29) is 6.04 Å². The van der Waals surface area contributed by atoms with Crippen LogP contribution < -0.4 is 4.90 Å². The normalized spacial score (nSPS) is 22.2. The van der Waals surface area contributed by atoms with Crippen molar-refractivity contribution < 1.29 is 4.74 Å². The van der Waals surface area contributed by atoms with E-state index in [9.17, 15) is 0 Å². The summed E-state index contributed by atoms with van der Waals surface area (Å²) in [4.78, 5) is 14.2. The van der Waals surface area contributed by atoms with Crippen LogP contribution in [0, 0.1) is 6.92 Å². The van der Waals surface area contributed by atoms with Gasteiger partial charge in [0.15, 0.2) is 0 Å². The predicted octanol–water partition coefficient (Wildman–Crippen LogP) is 3.02. The van der Waals surface area contributed by atoms with Crippen LogP contribution in [0.25, 0.3) is 0 Å². The van der Waals surface area contributed by atoms with Crippen molar-refractivity contribution in [2.75, 3.05) is 37.7 Å². The summed E-state index contributed by atoms with van der Waals surface area (Å²) in [5, 5.41) is 3.28. The first-order chi connectivity index (χ1) is 11.8. The van der Waals surface area contributed by atoms with Gasteiger partial charge in [0.1, 0.15) is 10.8 Å². The van der Waals surface area contributed by atoms with E-state index in [2.05, 4.69) is 44.2 Å². The van der Waals surface area contributed by atoms with Gasteiger partial charge in [0, 0.05) is 43.4 Å². The predicted molar refractivity (Wildman–Crippen MR) is 96.5 cm³/mol. The molecule has 4 rings (SSSR count). The highest BCUT2D eigenvalue weighted by molar-refractivity contribution is 7.09. The summed E-state index contributed by atoms with van der Waals surface area (Å²) in [5.74, 6) is 1.12.